The molecule has 0 unspecified atom stereocenters. The zero-order valence-electron chi connectivity index (χ0n) is 16.4. The molecule has 8 heteroatoms. The fourth-order valence-corrected chi connectivity index (χ4v) is 4.23. The van der Waals surface area contributed by atoms with E-state index in [0.717, 1.165) is 26.2 Å². The number of alkyl halides is 2. The van der Waals surface area contributed by atoms with Gasteiger partial charge in [0, 0.05) is 29.5 Å². The molecule has 1 amide bonds. The highest BCUT2D eigenvalue weighted by Gasteiger charge is 2.59. The van der Waals surface area contributed by atoms with Gasteiger partial charge in [0.05, 0.1) is 12.6 Å². The second-order valence-electron chi connectivity index (χ2n) is 8.95. The maximum Gasteiger partial charge on any atom is 0.250 e. The fourth-order valence-electron chi connectivity index (χ4n) is 4.23. The molecule has 3 fully saturated rings. The number of anilines is 1. The molecule has 5 nitrogen and oxygen atoms in total. The van der Waals surface area contributed by atoms with E-state index in [0.29, 0.717) is 17.2 Å². The minimum absolute atomic E-state index is 0.140. The van der Waals surface area contributed by atoms with Gasteiger partial charge < -0.3 is 9.30 Å². The van der Waals surface area contributed by atoms with Crippen molar-refractivity contribution >= 4 is 22.9 Å². The molecule has 1 heterocycles. The number of nitrogens with one attached hydrogen (secondary N) is 1. The zero-order valence-corrected chi connectivity index (χ0v) is 16.4. The number of fused-ring (bicyclic) bond motifs is 1. The lowest BCUT2D eigenvalue weighted by Crippen LogP contribution is -2.59. The summed E-state index contributed by atoms with van der Waals surface area (Å²) in [5, 5.41) is 2.66. The van der Waals surface area contributed by atoms with Crippen LogP contribution >= 0.6 is 0 Å². The van der Waals surface area contributed by atoms with Crippen LogP contribution in [0.5, 0.6) is 5.75 Å². The quantitative estimate of drug-likeness (QED) is 0.771. The number of carbonyl (C=O) groups is 1. The highest BCUT2D eigenvalue weighted by atomic mass is 19.3. The van der Waals surface area contributed by atoms with E-state index in [-0.39, 0.29) is 23.4 Å². The molecule has 0 spiro atoms. The Morgan fingerprint density at radius 1 is 1.32 bits per heavy atom. The number of nitrogens with zero attached hydrogens (tertiary/aromatic N) is 2. The van der Waals surface area contributed by atoms with Gasteiger partial charge >= 0.3 is 0 Å². The fraction of sp³-hybridized carbons (Fsp3) is 0.600. The Hall–Kier alpha value is -2.25. The van der Waals surface area contributed by atoms with Crippen LogP contribution in [0.1, 0.15) is 46.5 Å². The zero-order chi connectivity index (χ0) is 20.5. The van der Waals surface area contributed by atoms with Crippen LogP contribution in [-0.2, 0) is 10.3 Å². The third-order valence-corrected chi connectivity index (χ3v) is 6.45. The van der Waals surface area contributed by atoms with Crippen molar-refractivity contribution in [2.75, 3.05) is 12.4 Å². The summed E-state index contributed by atoms with van der Waals surface area (Å²) in [6.07, 6.45) is 2.46. The maximum absolute atomic E-state index is 14.5. The highest BCUT2D eigenvalue weighted by Crippen LogP contribution is 2.63. The number of carbonyl (C=O) groups excluding carboxylic acids is 1. The topological polar surface area (TPSA) is 56.1 Å². The van der Waals surface area contributed by atoms with Gasteiger partial charge in [-0.05, 0) is 32.1 Å². The molecule has 1 aromatic carbocycles. The number of ether oxygens (including phenoxy) is 1. The Labute approximate surface area is 161 Å². The van der Waals surface area contributed by atoms with E-state index in [2.05, 4.69) is 10.3 Å². The third-order valence-electron chi connectivity index (χ3n) is 6.45. The van der Waals surface area contributed by atoms with Crippen molar-refractivity contribution in [1.82, 2.24) is 9.55 Å². The summed E-state index contributed by atoms with van der Waals surface area (Å²) < 4.78 is 49.1. The Bertz CT molecular complexity index is 945. The van der Waals surface area contributed by atoms with Gasteiger partial charge in [0.1, 0.15) is 11.3 Å². The molecule has 1 N–H and O–H groups in total. The number of methoxy groups -OCH3 is 1. The average Bonchev–Trinajstić information content (AvgIpc) is 2.81. The molecule has 0 atom stereocenters. The number of rotatable bonds is 6. The molecule has 28 heavy (non-hydrogen) atoms. The van der Waals surface area contributed by atoms with Gasteiger partial charge in [-0.2, -0.15) is 0 Å². The van der Waals surface area contributed by atoms with Gasteiger partial charge in [0.25, 0.3) is 5.92 Å². The Balaban J connectivity index is 1.72. The van der Waals surface area contributed by atoms with E-state index >= 15 is 0 Å². The lowest BCUT2D eigenvalue weighted by Gasteiger charge is -2.62. The predicted octanol–water partition coefficient (Wildman–Crippen LogP) is 4.70. The molecule has 0 radical (unpaired) electrons. The van der Waals surface area contributed by atoms with Gasteiger partial charge in [-0.1, -0.05) is 13.8 Å². The summed E-state index contributed by atoms with van der Waals surface area (Å²) in [6, 6.07) is 2.94. The Morgan fingerprint density at radius 2 is 1.96 bits per heavy atom. The van der Waals surface area contributed by atoms with Crippen molar-refractivity contribution in [3.63, 3.8) is 0 Å². The van der Waals surface area contributed by atoms with E-state index in [1.54, 1.807) is 6.07 Å². The monoisotopic (exact) mass is 395 g/mol. The first-order valence-electron chi connectivity index (χ1n) is 9.40. The van der Waals surface area contributed by atoms with Crippen molar-refractivity contribution in [1.29, 1.82) is 0 Å². The lowest BCUT2D eigenvalue weighted by molar-refractivity contribution is -0.129. The lowest BCUT2D eigenvalue weighted by atomic mass is 9.49. The van der Waals surface area contributed by atoms with Crippen molar-refractivity contribution in [2.45, 2.75) is 57.9 Å². The number of imidazole rings is 1. The average molecular weight is 395 g/mol. The van der Waals surface area contributed by atoms with Crippen LogP contribution in [0.2, 0.25) is 0 Å². The van der Waals surface area contributed by atoms with E-state index in [1.165, 1.54) is 27.0 Å². The molecular formula is C20H24F3N3O2. The molecule has 2 bridgehead atoms. The summed E-state index contributed by atoms with van der Waals surface area (Å²) in [7, 11) is 1.46. The normalized spacial score (nSPS) is 23.9. The summed E-state index contributed by atoms with van der Waals surface area (Å²) in [5.41, 5.74) is -1.02. The first kappa shape index (κ1) is 19.1. The highest BCUT2D eigenvalue weighted by molar-refractivity contribution is 5.92. The summed E-state index contributed by atoms with van der Waals surface area (Å²) in [4.78, 5) is 16.8. The van der Waals surface area contributed by atoms with E-state index < -0.39 is 23.1 Å². The molecule has 3 aliphatic carbocycles. The van der Waals surface area contributed by atoms with Gasteiger partial charge in [-0.3, -0.25) is 10.1 Å². The van der Waals surface area contributed by atoms with Crippen LogP contribution in [0.25, 0.3) is 11.0 Å². The molecule has 0 aliphatic heterocycles. The third kappa shape index (κ3) is 2.76. The van der Waals surface area contributed by atoms with Crippen LogP contribution in [0.4, 0.5) is 19.1 Å². The molecule has 2 aromatic rings. The Morgan fingerprint density at radius 3 is 2.46 bits per heavy atom. The van der Waals surface area contributed by atoms with Gasteiger partial charge in [-0.15, -0.1) is 0 Å². The summed E-state index contributed by atoms with van der Waals surface area (Å²) in [5.74, 6) is -2.91. The first-order valence-corrected chi connectivity index (χ1v) is 9.40. The molecular weight excluding hydrogens is 371 g/mol. The molecule has 0 saturated heterocycles. The molecule has 3 saturated carbocycles. The summed E-state index contributed by atoms with van der Waals surface area (Å²) in [6.45, 7) is 3.50. The van der Waals surface area contributed by atoms with Crippen molar-refractivity contribution in [2.24, 2.45) is 11.3 Å². The molecule has 5 rings (SSSR count). The number of hydrogen-bond acceptors (Lipinski definition) is 3. The van der Waals surface area contributed by atoms with Crippen LogP contribution < -0.4 is 10.1 Å². The number of halogens is 3. The largest absolute Gasteiger partial charge is 0.497 e. The van der Waals surface area contributed by atoms with Crippen LogP contribution in [-0.4, -0.2) is 28.5 Å². The molecule has 152 valence electrons. The number of amides is 1. The van der Waals surface area contributed by atoms with Crippen molar-refractivity contribution in [3.8, 4) is 5.75 Å². The van der Waals surface area contributed by atoms with Crippen molar-refractivity contribution < 1.29 is 22.7 Å². The maximum atomic E-state index is 14.5. The van der Waals surface area contributed by atoms with Crippen LogP contribution in [0.15, 0.2) is 12.1 Å². The number of hydrogen-bond donors (Lipinski definition) is 1. The van der Waals surface area contributed by atoms with Crippen LogP contribution in [0.3, 0.4) is 0 Å². The molecule has 1 aromatic heterocycles. The number of benzene rings is 1. The minimum atomic E-state index is -3.02. The van der Waals surface area contributed by atoms with Gasteiger partial charge in [-0.25, -0.2) is 18.2 Å². The second-order valence-corrected chi connectivity index (χ2v) is 8.95. The standard InChI is InChI=1S/C20H24F3N3O2/c1-18(2,19(3,22)23)10-15(27)24-17-25-16-13(21)5-12(28-4)6-14(16)26(17)20-7-11(8-20)9-20/h5-6,11H,7-10H2,1-4H3,(H,24,25,27). The molecule has 3 aliphatic rings. The van der Waals surface area contributed by atoms with Crippen molar-refractivity contribution in [3.05, 3.63) is 17.9 Å². The van der Waals surface area contributed by atoms with E-state index in [1.807, 2.05) is 4.57 Å². The minimum Gasteiger partial charge on any atom is -0.497 e. The Kier molecular flexibility index (Phi) is 4.00. The predicted molar refractivity (Wildman–Crippen MR) is 99.2 cm³/mol. The van der Waals surface area contributed by atoms with Gasteiger partial charge in [0.2, 0.25) is 11.9 Å². The first-order chi connectivity index (χ1) is 13.0. The SMILES string of the molecule is COc1cc(F)c2nc(NC(=O)CC(C)(C)C(C)(F)F)n(C34CC(C3)C4)c2c1. The summed E-state index contributed by atoms with van der Waals surface area (Å²) >= 11 is 0. The van der Waals surface area contributed by atoms with E-state index in [4.69, 9.17) is 4.74 Å². The number of aromatic nitrogens is 2. The second kappa shape index (κ2) is 5.87. The smallest absolute Gasteiger partial charge is 0.250 e. The van der Waals surface area contributed by atoms with E-state index in [9.17, 15) is 18.0 Å². The van der Waals surface area contributed by atoms with Crippen LogP contribution in [0, 0.1) is 17.2 Å². The van der Waals surface area contributed by atoms with Gasteiger partial charge in [0.15, 0.2) is 5.82 Å².